The van der Waals surface area contributed by atoms with E-state index in [1.54, 1.807) is 6.07 Å². The average molecular weight is 381 g/mol. The van der Waals surface area contributed by atoms with Crippen molar-refractivity contribution in [3.05, 3.63) is 54.3 Å². The Balaban J connectivity index is 1.40. The van der Waals surface area contributed by atoms with Gasteiger partial charge in [-0.2, -0.15) is 0 Å². The predicted octanol–water partition coefficient (Wildman–Crippen LogP) is 3.99. The van der Waals surface area contributed by atoms with E-state index in [9.17, 15) is 9.18 Å². The minimum Gasteiger partial charge on any atom is -0.325 e. The molecule has 0 spiro atoms. The van der Waals surface area contributed by atoms with Gasteiger partial charge in [0.05, 0.1) is 6.04 Å². The summed E-state index contributed by atoms with van der Waals surface area (Å²) in [4.78, 5) is 17.7. The van der Waals surface area contributed by atoms with Crippen LogP contribution in [0.4, 0.5) is 10.1 Å². The third-order valence-electron chi connectivity index (χ3n) is 6.06. The van der Waals surface area contributed by atoms with Gasteiger partial charge in [-0.25, -0.2) is 4.39 Å². The molecular formula is C23H28FN3O. The number of rotatable bonds is 4. The fourth-order valence-corrected chi connectivity index (χ4v) is 4.47. The highest BCUT2D eigenvalue weighted by Gasteiger charge is 2.36. The molecule has 4 nitrogen and oxygen atoms in total. The normalized spacial score (nSPS) is 21.7. The number of amides is 1. The summed E-state index contributed by atoms with van der Waals surface area (Å²) in [6.07, 6.45) is 4.30. The van der Waals surface area contributed by atoms with Gasteiger partial charge in [0.25, 0.3) is 0 Å². The van der Waals surface area contributed by atoms with Crippen LogP contribution in [0.2, 0.25) is 0 Å². The number of piperidine rings is 1. The van der Waals surface area contributed by atoms with E-state index in [0.717, 1.165) is 62.1 Å². The molecule has 2 fully saturated rings. The molecule has 2 saturated heterocycles. The van der Waals surface area contributed by atoms with Gasteiger partial charge >= 0.3 is 0 Å². The summed E-state index contributed by atoms with van der Waals surface area (Å²) in [5.41, 5.74) is 2.56. The highest BCUT2D eigenvalue weighted by Crippen LogP contribution is 2.27. The van der Waals surface area contributed by atoms with Crippen molar-refractivity contribution >= 4 is 11.6 Å². The summed E-state index contributed by atoms with van der Waals surface area (Å²) in [6, 6.07) is 14.7. The lowest BCUT2D eigenvalue weighted by Gasteiger charge is -2.37. The van der Waals surface area contributed by atoms with E-state index >= 15 is 0 Å². The molecular weight excluding hydrogens is 353 g/mol. The summed E-state index contributed by atoms with van der Waals surface area (Å²) >= 11 is 0. The van der Waals surface area contributed by atoms with Gasteiger partial charge in [0.1, 0.15) is 5.82 Å². The minimum absolute atomic E-state index is 0.0312. The van der Waals surface area contributed by atoms with E-state index in [0.29, 0.717) is 6.04 Å². The maximum atomic E-state index is 13.4. The molecule has 5 heteroatoms. The third-order valence-corrected chi connectivity index (χ3v) is 6.06. The van der Waals surface area contributed by atoms with E-state index in [1.807, 2.05) is 30.3 Å². The van der Waals surface area contributed by atoms with E-state index in [-0.39, 0.29) is 17.8 Å². The van der Waals surface area contributed by atoms with Crippen molar-refractivity contribution in [2.45, 2.75) is 37.8 Å². The highest BCUT2D eigenvalue weighted by atomic mass is 19.1. The molecule has 4 rings (SSSR count). The number of benzene rings is 2. The zero-order valence-corrected chi connectivity index (χ0v) is 16.4. The molecule has 148 valence electrons. The molecule has 0 saturated carbocycles. The summed E-state index contributed by atoms with van der Waals surface area (Å²) in [6.45, 7) is 3.24. The summed E-state index contributed by atoms with van der Waals surface area (Å²) in [5.74, 6) is -0.153. The molecule has 1 N–H and O–H groups in total. The van der Waals surface area contributed by atoms with Crippen molar-refractivity contribution in [3.63, 3.8) is 0 Å². The number of carbonyl (C=O) groups excluding carboxylic acids is 1. The zero-order valence-electron chi connectivity index (χ0n) is 16.4. The number of nitrogens with one attached hydrogen (secondary N) is 1. The lowest BCUT2D eigenvalue weighted by atomic mass is 10.0. The number of halogens is 1. The minimum atomic E-state index is -0.245. The molecule has 0 aromatic heterocycles. The van der Waals surface area contributed by atoms with E-state index in [1.165, 1.54) is 12.1 Å². The maximum Gasteiger partial charge on any atom is 0.241 e. The predicted molar refractivity (Wildman–Crippen MR) is 111 cm³/mol. The van der Waals surface area contributed by atoms with Gasteiger partial charge in [0.15, 0.2) is 0 Å². The van der Waals surface area contributed by atoms with E-state index in [2.05, 4.69) is 22.2 Å². The van der Waals surface area contributed by atoms with Crippen molar-refractivity contribution in [1.29, 1.82) is 0 Å². The molecule has 28 heavy (non-hydrogen) atoms. The monoisotopic (exact) mass is 381 g/mol. The van der Waals surface area contributed by atoms with Crippen LogP contribution in [-0.4, -0.2) is 54.5 Å². The molecule has 0 radical (unpaired) electrons. The molecule has 0 unspecified atom stereocenters. The Labute approximate surface area is 166 Å². The van der Waals surface area contributed by atoms with Crippen LogP contribution in [-0.2, 0) is 4.79 Å². The standard InChI is InChI=1S/C23H28FN3O/c1-26-14-11-21(12-15-26)27-13-3-6-22(27)23(28)25-20-9-7-17(8-10-20)18-4-2-5-19(24)16-18/h2,4-5,7-10,16,21-22H,3,6,11-15H2,1H3,(H,25,28)/t22-/m0/s1. The fraction of sp³-hybridized carbons (Fsp3) is 0.435. The maximum absolute atomic E-state index is 13.4. The number of hydrogen-bond donors (Lipinski definition) is 1. The largest absolute Gasteiger partial charge is 0.325 e. The van der Waals surface area contributed by atoms with Gasteiger partial charge in [0.2, 0.25) is 5.91 Å². The smallest absolute Gasteiger partial charge is 0.241 e. The summed E-state index contributed by atoms with van der Waals surface area (Å²) in [5, 5.41) is 3.09. The Morgan fingerprint density at radius 2 is 1.75 bits per heavy atom. The highest BCUT2D eigenvalue weighted by molar-refractivity contribution is 5.95. The first-order valence-electron chi connectivity index (χ1n) is 10.2. The fourth-order valence-electron chi connectivity index (χ4n) is 4.47. The van der Waals surface area contributed by atoms with Gasteiger partial charge < -0.3 is 10.2 Å². The van der Waals surface area contributed by atoms with Crippen LogP contribution in [0.15, 0.2) is 48.5 Å². The topological polar surface area (TPSA) is 35.6 Å². The second-order valence-electron chi connectivity index (χ2n) is 8.01. The molecule has 2 heterocycles. The second-order valence-corrected chi connectivity index (χ2v) is 8.01. The Morgan fingerprint density at radius 1 is 1.00 bits per heavy atom. The van der Waals surface area contributed by atoms with Crippen LogP contribution in [0.25, 0.3) is 11.1 Å². The first-order valence-corrected chi connectivity index (χ1v) is 10.2. The molecule has 2 aromatic rings. The lowest BCUT2D eigenvalue weighted by molar-refractivity contribution is -0.121. The quantitative estimate of drug-likeness (QED) is 0.870. The van der Waals surface area contributed by atoms with Crippen LogP contribution in [0.5, 0.6) is 0 Å². The van der Waals surface area contributed by atoms with Gasteiger partial charge in [-0.05, 0) is 87.8 Å². The number of anilines is 1. The Bertz CT molecular complexity index is 815. The molecule has 0 aliphatic carbocycles. The average Bonchev–Trinajstić information content (AvgIpc) is 3.19. The Hall–Kier alpha value is -2.24. The molecule has 1 amide bonds. The Kier molecular flexibility index (Phi) is 5.74. The number of nitrogens with zero attached hydrogens (tertiary/aromatic N) is 2. The third kappa shape index (κ3) is 4.26. The number of carbonyl (C=O) groups is 1. The van der Waals surface area contributed by atoms with Crippen molar-refractivity contribution in [1.82, 2.24) is 9.80 Å². The van der Waals surface area contributed by atoms with Crippen LogP contribution in [0, 0.1) is 5.82 Å². The molecule has 2 aromatic carbocycles. The first-order chi connectivity index (χ1) is 13.6. The second kappa shape index (κ2) is 8.41. The van der Waals surface area contributed by atoms with Gasteiger partial charge in [-0.3, -0.25) is 9.69 Å². The molecule has 2 aliphatic heterocycles. The first kappa shape index (κ1) is 19.1. The van der Waals surface area contributed by atoms with Crippen molar-refractivity contribution < 1.29 is 9.18 Å². The van der Waals surface area contributed by atoms with Crippen molar-refractivity contribution in [3.8, 4) is 11.1 Å². The SMILES string of the molecule is CN1CCC(N2CCC[C@H]2C(=O)Nc2ccc(-c3cccc(F)c3)cc2)CC1. The van der Waals surface area contributed by atoms with Crippen LogP contribution < -0.4 is 5.32 Å². The summed E-state index contributed by atoms with van der Waals surface area (Å²) < 4.78 is 13.4. The van der Waals surface area contributed by atoms with Gasteiger partial charge in [-0.1, -0.05) is 24.3 Å². The van der Waals surface area contributed by atoms with Crippen LogP contribution >= 0.6 is 0 Å². The van der Waals surface area contributed by atoms with Crippen LogP contribution in [0.1, 0.15) is 25.7 Å². The van der Waals surface area contributed by atoms with Crippen molar-refractivity contribution in [2.24, 2.45) is 0 Å². The number of likely N-dealkylation sites (tertiary alicyclic amines) is 2. The van der Waals surface area contributed by atoms with Crippen LogP contribution in [0.3, 0.4) is 0 Å². The van der Waals surface area contributed by atoms with E-state index < -0.39 is 0 Å². The van der Waals surface area contributed by atoms with Gasteiger partial charge in [0, 0.05) is 11.7 Å². The zero-order chi connectivity index (χ0) is 19.5. The summed E-state index contributed by atoms with van der Waals surface area (Å²) in [7, 11) is 2.16. The number of hydrogen-bond acceptors (Lipinski definition) is 3. The molecule has 2 aliphatic rings. The Morgan fingerprint density at radius 3 is 2.46 bits per heavy atom. The molecule has 0 bridgehead atoms. The van der Waals surface area contributed by atoms with Gasteiger partial charge in [-0.15, -0.1) is 0 Å². The molecule has 1 atom stereocenters. The lowest BCUT2D eigenvalue weighted by Crippen LogP contribution is -2.49. The van der Waals surface area contributed by atoms with Crippen molar-refractivity contribution in [2.75, 3.05) is 32.0 Å². The van der Waals surface area contributed by atoms with E-state index in [4.69, 9.17) is 0 Å².